The van der Waals surface area contributed by atoms with Gasteiger partial charge in [0.1, 0.15) is 23.7 Å². The van der Waals surface area contributed by atoms with Crippen molar-refractivity contribution in [1.29, 1.82) is 0 Å². The topological polar surface area (TPSA) is 117 Å². The van der Waals surface area contributed by atoms with Crippen LogP contribution in [0, 0.1) is 25.7 Å². The molecule has 0 unspecified atom stereocenters. The molecular formula is C37H43N3O7. The van der Waals surface area contributed by atoms with Gasteiger partial charge >= 0.3 is 5.97 Å². The molecule has 10 heteroatoms. The van der Waals surface area contributed by atoms with Crippen LogP contribution in [0.2, 0.25) is 0 Å². The third-order valence-corrected chi connectivity index (χ3v) is 10.1. The summed E-state index contributed by atoms with van der Waals surface area (Å²) in [5, 5.41) is 9.75. The molecule has 2 fully saturated rings. The number of likely N-dealkylation sites (tertiary alicyclic amines) is 1. The second kappa shape index (κ2) is 13.1. The van der Waals surface area contributed by atoms with E-state index in [-0.39, 0.29) is 50.3 Å². The number of cyclic esters (lactones) is 1. The second-order valence-electron chi connectivity index (χ2n) is 13.1. The number of benzene rings is 2. The van der Waals surface area contributed by atoms with E-state index in [1.807, 2.05) is 81.5 Å². The first kappa shape index (κ1) is 32.7. The van der Waals surface area contributed by atoms with Gasteiger partial charge in [-0.05, 0) is 56.4 Å². The van der Waals surface area contributed by atoms with Crippen LogP contribution in [-0.4, -0.2) is 89.1 Å². The Labute approximate surface area is 275 Å². The van der Waals surface area contributed by atoms with Crippen LogP contribution >= 0.6 is 0 Å². The van der Waals surface area contributed by atoms with Crippen molar-refractivity contribution in [3.63, 3.8) is 0 Å². The third kappa shape index (κ3) is 5.67. The number of likely N-dealkylation sites (N-methyl/N-ethyl adjacent to an activating group) is 1. The van der Waals surface area contributed by atoms with E-state index >= 15 is 0 Å². The van der Waals surface area contributed by atoms with Crippen LogP contribution < -0.4 is 4.90 Å². The summed E-state index contributed by atoms with van der Waals surface area (Å²) in [6, 6.07) is 13.6. The van der Waals surface area contributed by atoms with Gasteiger partial charge < -0.3 is 29.3 Å². The van der Waals surface area contributed by atoms with Gasteiger partial charge in [-0.1, -0.05) is 66.8 Å². The van der Waals surface area contributed by atoms with Gasteiger partial charge in [-0.15, -0.1) is 0 Å². The monoisotopic (exact) mass is 641 g/mol. The molecule has 47 heavy (non-hydrogen) atoms. The van der Waals surface area contributed by atoms with Crippen molar-refractivity contribution in [3.8, 4) is 0 Å². The first-order valence-corrected chi connectivity index (χ1v) is 16.4. The zero-order chi connectivity index (χ0) is 33.5. The molecule has 4 heterocycles. The van der Waals surface area contributed by atoms with Crippen molar-refractivity contribution >= 4 is 29.4 Å². The van der Waals surface area contributed by atoms with E-state index in [1.165, 1.54) is 4.90 Å². The highest BCUT2D eigenvalue weighted by Gasteiger charge is 2.71. The van der Waals surface area contributed by atoms with Gasteiger partial charge in [0.2, 0.25) is 11.8 Å². The number of carbonyl (C=O) groups excluding carboxylic acids is 4. The van der Waals surface area contributed by atoms with Crippen molar-refractivity contribution in [1.82, 2.24) is 9.80 Å². The van der Waals surface area contributed by atoms with Gasteiger partial charge in [-0.25, -0.2) is 0 Å². The first-order valence-electron chi connectivity index (χ1n) is 16.4. The summed E-state index contributed by atoms with van der Waals surface area (Å²) in [6.07, 6.45) is 6.44. The lowest BCUT2D eigenvalue weighted by atomic mass is 9.77. The average Bonchev–Trinajstić information content (AvgIpc) is 3.45. The van der Waals surface area contributed by atoms with Gasteiger partial charge in [0.05, 0.1) is 18.1 Å². The van der Waals surface area contributed by atoms with E-state index in [9.17, 15) is 24.3 Å². The third-order valence-electron chi connectivity index (χ3n) is 10.1. The van der Waals surface area contributed by atoms with Gasteiger partial charge in [-0.3, -0.25) is 19.2 Å². The van der Waals surface area contributed by atoms with Crippen molar-refractivity contribution < 1.29 is 33.8 Å². The summed E-state index contributed by atoms with van der Waals surface area (Å²) >= 11 is 0. The molecule has 4 aliphatic rings. The Kier molecular flexibility index (Phi) is 9.09. The molecule has 2 saturated heterocycles. The minimum atomic E-state index is -1.45. The van der Waals surface area contributed by atoms with Crippen LogP contribution in [0.15, 0.2) is 72.8 Å². The SMILES string of the molecule is Cc1ccc(C)c(N2CC=C[C@]34O[C@@H]5/C=C\CCC(=O)N(C)[C@H](C)[C@@H](c6ccccc6)OC(=O)[C@@H]5[C@H]3C(=O)N(CCCO)[C@@H]4C2=O)c1. The number of aryl methyl sites for hydroxylation is 2. The number of allylic oxidation sites excluding steroid dienone is 1. The lowest BCUT2D eigenvalue weighted by Gasteiger charge is -2.35. The van der Waals surface area contributed by atoms with Crippen molar-refractivity contribution in [3.05, 3.63) is 89.5 Å². The maximum Gasteiger partial charge on any atom is 0.313 e. The second-order valence-corrected chi connectivity index (χ2v) is 13.1. The average molecular weight is 642 g/mol. The summed E-state index contributed by atoms with van der Waals surface area (Å²) < 4.78 is 13.1. The lowest BCUT2D eigenvalue weighted by molar-refractivity contribution is -0.164. The Morgan fingerprint density at radius 3 is 2.51 bits per heavy atom. The molecule has 0 bridgehead atoms. The first-order chi connectivity index (χ1) is 22.6. The molecule has 248 valence electrons. The molecule has 4 aliphatic heterocycles. The summed E-state index contributed by atoms with van der Waals surface area (Å²) in [6.45, 7) is 5.97. The van der Waals surface area contributed by atoms with Gasteiger partial charge in [0, 0.05) is 38.9 Å². The van der Waals surface area contributed by atoms with Crippen LogP contribution in [0.3, 0.4) is 0 Å². The molecule has 3 amide bonds. The normalized spacial score (nSPS) is 31.8. The maximum atomic E-state index is 14.7. The molecule has 0 aromatic heterocycles. The highest BCUT2D eigenvalue weighted by atomic mass is 16.6. The number of nitrogens with zero attached hydrogens (tertiary/aromatic N) is 3. The highest BCUT2D eigenvalue weighted by Crippen LogP contribution is 2.53. The van der Waals surface area contributed by atoms with Crippen molar-refractivity contribution in [2.45, 2.75) is 69.9 Å². The summed E-state index contributed by atoms with van der Waals surface area (Å²) in [5.74, 6) is -3.50. The standard InChI is InChI=1S/C37H43N3O7/c1-23-16-17-24(2)27(22-23)39-19-10-18-37-31(34(43)40(20-11-21-41)33(37)35(39)44)30-28(47-37)14-8-9-15-29(42)38(4)25(3)32(46-36(30)45)26-12-6-5-7-13-26/h5-8,10,12-14,16-18,22,25,28,30-33,41H,9,11,15,19-21H2,1-4H3/b14-8-/t25-,28-,30+,31+,32+,33-,37+/m1/s1. The van der Waals surface area contributed by atoms with Gasteiger partial charge in [0.25, 0.3) is 5.91 Å². The molecule has 0 aliphatic carbocycles. The number of fused-ring (bicyclic) bond motifs is 2. The Morgan fingerprint density at radius 2 is 1.77 bits per heavy atom. The van der Waals surface area contributed by atoms with E-state index < -0.39 is 47.7 Å². The summed E-state index contributed by atoms with van der Waals surface area (Å²) in [5.41, 5.74) is 1.92. The number of esters is 1. The Hall–Kier alpha value is -4.28. The fourth-order valence-electron chi connectivity index (χ4n) is 7.60. The number of hydrogen-bond donors (Lipinski definition) is 1. The number of hydrogen-bond acceptors (Lipinski definition) is 7. The number of ether oxygens (including phenoxy) is 2. The predicted octanol–water partition coefficient (Wildman–Crippen LogP) is 3.65. The van der Waals surface area contributed by atoms with E-state index in [4.69, 9.17) is 9.47 Å². The Morgan fingerprint density at radius 1 is 1.00 bits per heavy atom. The highest BCUT2D eigenvalue weighted by molar-refractivity contribution is 6.06. The van der Waals surface area contributed by atoms with E-state index in [1.54, 1.807) is 29.0 Å². The quantitative estimate of drug-likeness (QED) is 0.392. The number of rotatable bonds is 5. The number of amides is 3. The zero-order valence-electron chi connectivity index (χ0n) is 27.4. The minimum absolute atomic E-state index is 0.0855. The van der Waals surface area contributed by atoms with Crippen LogP contribution in [0.25, 0.3) is 0 Å². The van der Waals surface area contributed by atoms with Gasteiger partial charge in [0.15, 0.2) is 0 Å². The molecule has 0 radical (unpaired) electrons. The number of carbonyl (C=O) groups is 4. The molecular weight excluding hydrogens is 598 g/mol. The number of anilines is 1. The van der Waals surface area contributed by atoms with Crippen LogP contribution in [0.5, 0.6) is 0 Å². The molecule has 10 nitrogen and oxygen atoms in total. The molecule has 0 saturated carbocycles. The van der Waals surface area contributed by atoms with E-state index in [0.29, 0.717) is 6.42 Å². The molecule has 6 rings (SSSR count). The van der Waals surface area contributed by atoms with Crippen LogP contribution in [-0.2, 0) is 28.7 Å². The minimum Gasteiger partial charge on any atom is -0.455 e. The fourth-order valence-corrected chi connectivity index (χ4v) is 7.60. The number of aliphatic hydroxyl groups is 1. The predicted molar refractivity (Wildman–Crippen MR) is 175 cm³/mol. The zero-order valence-corrected chi connectivity index (χ0v) is 27.4. The molecule has 1 N–H and O–H groups in total. The van der Waals surface area contributed by atoms with Gasteiger partial charge in [-0.2, -0.15) is 0 Å². The largest absolute Gasteiger partial charge is 0.455 e. The van der Waals surface area contributed by atoms with Crippen LogP contribution in [0.4, 0.5) is 5.69 Å². The van der Waals surface area contributed by atoms with E-state index in [2.05, 4.69) is 0 Å². The fraction of sp³-hybridized carbons (Fsp3) is 0.459. The lowest BCUT2D eigenvalue weighted by Crippen LogP contribution is -2.55. The molecule has 2 aromatic carbocycles. The van der Waals surface area contributed by atoms with Crippen LogP contribution in [0.1, 0.15) is 49.0 Å². The summed E-state index contributed by atoms with van der Waals surface area (Å²) in [7, 11) is 1.70. The van der Waals surface area contributed by atoms with Crippen molar-refractivity contribution in [2.24, 2.45) is 11.8 Å². The molecule has 7 atom stereocenters. The smallest absolute Gasteiger partial charge is 0.313 e. The number of aliphatic hydroxyl groups excluding tert-OH is 1. The maximum absolute atomic E-state index is 14.7. The Balaban J connectivity index is 1.45. The van der Waals surface area contributed by atoms with E-state index in [0.717, 1.165) is 22.4 Å². The molecule has 1 spiro atoms. The summed E-state index contributed by atoms with van der Waals surface area (Å²) in [4.78, 5) is 61.6. The Bertz CT molecular complexity index is 1610. The molecule has 2 aromatic rings. The van der Waals surface area contributed by atoms with Crippen molar-refractivity contribution in [2.75, 3.05) is 31.6 Å².